The third kappa shape index (κ3) is 10.9. The fraction of sp³-hybridized carbons (Fsp3) is 0.333. The van der Waals surface area contributed by atoms with E-state index < -0.39 is 0 Å². The van der Waals surface area contributed by atoms with Crippen LogP contribution in [0.2, 0.25) is 0 Å². The standard InChI is InChI=1S/C57H66N6/c1-3-5-7-9-22-38-60-54-32-20-18-30-50(54)52-42-46(34-36-56(52)60)44-58-62(48-26-14-11-15-27-48)40-24-13-25-41-63(49-28-16-12-17-29-49)59-45-47-35-37-57-53(43-47)51-31-19-21-33-55(51)61(57)39-23-10-8-6-4-2/h11-12,14-21,26-37,42-45H,3-10,13,22-25,38-41H2,1-2H3. The molecule has 2 heterocycles. The molecule has 0 saturated heterocycles. The van der Waals surface area contributed by atoms with E-state index in [4.69, 9.17) is 10.2 Å². The summed E-state index contributed by atoms with van der Waals surface area (Å²) in [6, 6.07) is 52.6. The zero-order valence-electron chi connectivity index (χ0n) is 37.7. The highest BCUT2D eigenvalue weighted by molar-refractivity contribution is 6.10. The van der Waals surface area contributed by atoms with Crippen LogP contribution in [-0.4, -0.2) is 34.7 Å². The first-order valence-electron chi connectivity index (χ1n) is 24.0. The van der Waals surface area contributed by atoms with Crippen molar-refractivity contribution in [3.8, 4) is 0 Å². The summed E-state index contributed by atoms with van der Waals surface area (Å²) in [5.74, 6) is 0. The molecule has 0 aliphatic heterocycles. The number of rotatable bonds is 24. The number of aryl methyl sites for hydroxylation is 2. The normalized spacial score (nSPS) is 12.0. The number of para-hydroxylation sites is 4. The lowest BCUT2D eigenvalue weighted by Gasteiger charge is -2.21. The highest BCUT2D eigenvalue weighted by atomic mass is 15.5. The Labute approximate surface area is 375 Å². The van der Waals surface area contributed by atoms with Crippen LogP contribution in [0.15, 0.2) is 156 Å². The fourth-order valence-corrected chi connectivity index (χ4v) is 9.21. The minimum atomic E-state index is 0.834. The number of anilines is 2. The average molecular weight is 835 g/mol. The van der Waals surface area contributed by atoms with Gasteiger partial charge in [-0.25, -0.2) is 0 Å². The van der Waals surface area contributed by atoms with Crippen molar-refractivity contribution in [2.45, 2.75) is 110 Å². The number of unbranched alkanes of at least 4 members (excludes halogenated alkanes) is 10. The van der Waals surface area contributed by atoms with Crippen molar-refractivity contribution in [3.05, 3.63) is 157 Å². The Kier molecular flexibility index (Phi) is 15.4. The third-order valence-corrected chi connectivity index (χ3v) is 12.6. The number of nitrogens with zero attached hydrogens (tertiary/aromatic N) is 6. The lowest BCUT2D eigenvalue weighted by molar-refractivity contribution is 0.584. The summed E-state index contributed by atoms with van der Waals surface area (Å²) >= 11 is 0. The summed E-state index contributed by atoms with van der Waals surface area (Å²) in [7, 11) is 0. The van der Waals surface area contributed by atoms with Gasteiger partial charge in [0.2, 0.25) is 0 Å². The van der Waals surface area contributed by atoms with Crippen molar-refractivity contribution < 1.29 is 0 Å². The molecule has 2 aromatic heterocycles. The van der Waals surface area contributed by atoms with E-state index in [1.165, 1.54) is 108 Å². The predicted molar refractivity (Wildman–Crippen MR) is 273 cm³/mol. The van der Waals surface area contributed by atoms with Gasteiger partial charge in [-0.2, -0.15) is 10.2 Å². The molecule has 0 atom stereocenters. The average Bonchev–Trinajstić information content (AvgIpc) is 3.82. The fourth-order valence-electron chi connectivity index (χ4n) is 9.21. The van der Waals surface area contributed by atoms with Gasteiger partial charge in [-0.3, -0.25) is 10.0 Å². The topological polar surface area (TPSA) is 41.1 Å². The molecule has 0 fully saturated rings. The quantitative estimate of drug-likeness (QED) is 0.0346. The first-order valence-corrected chi connectivity index (χ1v) is 24.0. The molecular formula is C57H66N6. The SMILES string of the molecule is CCCCCCCn1c2ccccc2c2cc(C=NN(CCCCCN(N=Cc3ccc4c(c3)c3ccccc3n4CCCCCCC)c3ccccc3)c3ccccc3)ccc21. The highest BCUT2D eigenvalue weighted by Crippen LogP contribution is 2.32. The molecule has 0 radical (unpaired) electrons. The van der Waals surface area contributed by atoms with E-state index in [2.05, 4.69) is 179 Å². The van der Waals surface area contributed by atoms with Gasteiger partial charge in [-0.15, -0.1) is 0 Å². The maximum absolute atomic E-state index is 5.11. The summed E-state index contributed by atoms with van der Waals surface area (Å²) in [6.07, 6.45) is 20.0. The van der Waals surface area contributed by atoms with E-state index in [9.17, 15) is 0 Å². The molecule has 0 aliphatic carbocycles. The van der Waals surface area contributed by atoms with Crippen LogP contribution in [0.5, 0.6) is 0 Å². The second-order valence-electron chi connectivity index (χ2n) is 17.2. The number of benzene rings is 6. The molecule has 8 rings (SSSR count). The molecule has 0 saturated carbocycles. The molecule has 324 valence electrons. The van der Waals surface area contributed by atoms with E-state index in [0.29, 0.717) is 0 Å². The summed E-state index contributed by atoms with van der Waals surface area (Å²) in [5, 5.41) is 19.8. The second-order valence-corrected chi connectivity index (χ2v) is 17.2. The lowest BCUT2D eigenvalue weighted by atomic mass is 10.1. The van der Waals surface area contributed by atoms with Gasteiger partial charge in [-0.1, -0.05) is 150 Å². The van der Waals surface area contributed by atoms with Gasteiger partial charge >= 0.3 is 0 Å². The van der Waals surface area contributed by atoms with E-state index in [0.717, 1.165) is 67.9 Å². The second kappa shape index (κ2) is 22.3. The third-order valence-electron chi connectivity index (χ3n) is 12.6. The van der Waals surface area contributed by atoms with Gasteiger partial charge in [0.05, 0.1) is 23.8 Å². The van der Waals surface area contributed by atoms with Crippen LogP contribution in [0.1, 0.15) is 108 Å². The first kappa shape index (κ1) is 43.5. The minimum absolute atomic E-state index is 0.834. The summed E-state index contributed by atoms with van der Waals surface area (Å²) in [6.45, 7) is 8.34. The van der Waals surface area contributed by atoms with E-state index in [1.807, 2.05) is 12.4 Å². The van der Waals surface area contributed by atoms with Crippen LogP contribution in [-0.2, 0) is 13.1 Å². The smallest absolute Gasteiger partial charge is 0.0593 e. The molecule has 0 N–H and O–H groups in total. The Hall–Kier alpha value is -6.14. The molecule has 6 aromatic carbocycles. The Morgan fingerprint density at radius 1 is 0.381 bits per heavy atom. The number of hydrogen-bond donors (Lipinski definition) is 0. The monoisotopic (exact) mass is 835 g/mol. The van der Waals surface area contributed by atoms with Gasteiger partial charge in [0.1, 0.15) is 0 Å². The van der Waals surface area contributed by atoms with Crippen LogP contribution >= 0.6 is 0 Å². The number of aromatic nitrogens is 2. The largest absolute Gasteiger partial charge is 0.340 e. The Bertz CT molecular complexity index is 2520. The zero-order valence-corrected chi connectivity index (χ0v) is 37.7. The van der Waals surface area contributed by atoms with Gasteiger partial charge in [0.25, 0.3) is 0 Å². The van der Waals surface area contributed by atoms with Crippen LogP contribution in [0.4, 0.5) is 11.4 Å². The number of hydrazone groups is 2. The molecule has 0 bridgehead atoms. The Morgan fingerprint density at radius 2 is 0.762 bits per heavy atom. The van der Waals surface area contributed by atoms with Crippen molar-refractivity contribution in [1.82, 2.24) is 9.13 Å². The van der Waals surface area contributed by atoms with Crippen LogP contribution in [0.3, 0.4) is 0 Å². The number of hydrogen-bond acceptors (Lipinski definition) is 4. The summed E-state index contributed by atoms with van der Waals surface area (Å²) in [5.41, 5.74) is 9.72. The Balaban J connectivity index is 0.929. The molecule has 0 unspecified atom stereocenters. The predicted octanol–water partition coefficient (Wildman–Crippen LogP) is 15.4. The molecular weight excluding hydrogens is 769 g/mol. The zero-order chi connectivity index (χ0) is 43.1. The molecule has 0 spiro atoms. The van der Waals surface area contributed by atoms with Crippen molar-refractivity contribution in [2.24, 2.45) is 10.2 Å². The molecule has 6 heteroatoms. The summed E-state index contributed by atoms with van der Waals surface area (Å²) < 4.78 is 5.04. The van der Waals surface area contributed by atoms with Crippen LogP contribution in [0.25, 0.3) is 43.6 Å². The van der Waals surface area contributed by atoms with Gasteiger partial charge in [0, 0.05) is 69.8 Å². The van der Waals surface area contributed by atoms with E-state index in [-0.39, 0.29) is 0 Å². The molecule has 0 amide bonds. The van der Waals surface area contributed by atoms with Gasteiger partial charge in [0.15, 0.2) is 0 Å². The number of fused-ring (bicyclic) bond motifs is 6. The van der Waals surface area contributed by atoms with Crippen LogP contribution < -0.4 is 10.0 Å². The molecule has 8 aromatic rings. The van der Waals surface area contributed by atoms with E-state index in [1.54, 1.807) is 0 Å². The van der Waals surface area contributed by atoms with Crippen molar-refractivity contribution in [1.29, 1.82) is 0 Å². The molecule has 6 nitrogen and oxygen atoms in total. The lowest BCUT2D eigenvalue weighted by Crippen LogP contribution is -2.20. The van der Waals surface area contributed by atoms with E-state index >= 15 is 0 Å². The van der Waals surface area contributed by atoms with Crippen LogP contribution in [0, 0.1) is 0 Å². The van der Waals surface area contributed by atoms with Gasteiger partial charge in [-0.05, 0) is 104 Å². The van der Waals surface area contributed by atoms with Crippen molar-refractivity contribution in [3.63, 3.8) is 0 Å². The maximum Gasteiger partial charge on any atom is 0.0593 e. The molecule has 63 heavy (non-hydrogen) atoms. The highest BCUT2D eigenvalue weighted by Gasteiger charge is 2.13. The van der Waals surface area contributed by atoms with Gasteiger partial charge < -0.3 is 9.13 Å². The maximum atomic E-state index is 5.11. The molecule has 0 aliphatic rings. The minimum Gasteiger partial charge on any atom is -0.340 e. The van der Waals surface area contributed by atoms with Crippen molar-refractivity contribution >= 4 is 67.4 Å². The Morgan fingerprint density at radius 3 is 1.21 bits per heavy atom. The van der Waals surface area contributed by atoms with Crippen molar-refractivity contribution in [2.75, 3.05) is 23.1 Å². The summed E-state index contributed by atoms with van der Waals surface area (Å²) in [4.78, 5) is 0. The first-order chi connectivity index (χ1) is 31.2.